The number of aromatic nitrogens is 3. The number of pyridine rings is 1. The van der Waals surface area contributed by atoms with Crippen LogP contribution in [0.5, 0.6) is 0 Å². The van der Waals surface area contributed by atoms with Gasteiger partial charge in [-0.2, -0.15) is 13.2 Å². The minimum Gasteiger partial charge on any atom is -0.393 e. The number of benzene rings is 1. The largest absolute Gasteiger partial charge is 0.416 e. The Bertz CT molecular complexity index is 1040. The van der Waals surface area contributed by atoms with E-state index in [1.807, 2.05) is 4.90 Å². The van der Waals surface area contributed by atoms with Crippen LogP contribution in [0.25, 0.3) is 22.5 Å². The molecule has 0 radical (unpaired) electrons. The monoisotopic (exact) mass is 434 g/mol. The van der Waals surface area contributed by atoms with Gasteiger partial charge in [0.1, 0.15) is 11.5 Å². The molecule has 4 rings (SSSR count). The smallest absolute Gasteiger partial charge is 0.393 e. The molecule has 1 N–H and O–H groups in total. The van der Waals surface area contributed by atoms with Gasteiger partial charge in [-0.05, 0) is 31.0 Å². The van der Waals surface area contributed by atoms with Crippen molar-refractivity contribution in [2.45, 2.75) is 25.1 Å². The molecule has 0 atom stereocenters. The van der Waals surface area contributed by atoms with Crippen LogP contribution in [0.1, 0.15) is 18.4 Å². The summed E-state index contributed by atoms with van der Waals surface area (Å²) in [5.74, 6) is 0.625. The van der Waals surface area contributed by atoms with Crippen LogP contribution in [0.15, 0.2) is 48.9 Å². The lowest BCUT2D eigenvalue weighted by molar-refractivity contribution is -0.137. The van der Waals surface area contributed by atoms with E-state index in [-0.39, 0.29) is 6.10 Å². The van der Waals surface area contributed by atoms with Crippen LogP contribution in [0.2, 0.25) is 5.02 Å². The minimum absolute atomic E-state index is 0.324. The van der Waals surface area contributed by atoms with Gasteiger partial charge in [0.2, 0.25) is 0 Å². The predicted octanol–water partition coefficient (Wildman–Crippen LogP) is 4.84. The van der Waals surface area contributed by atoms with E-state index in [0.29, 0.717) is 59.3 Å². The fourth-order valence-corrected chi connectivity index (χ4v) is 3.62. The summed E-state index contributed by atoms with van der Waals surface area (Å²) in [7, 11) is 0. The van der Waals surface area contributed by atoms with Crippen LogP contribution in [0.3, 0.4) is 0 Å². The number of halogens is 4. The molecule has 9 heteroatoms. The number of aliphatic hydroxyl groups is 1. The molecule has 0 spiro atoms. The molecule has 30 heavy (non-hydrogen) atoms. The Morgan fingerprint density at radius 1 is 1.00 bits per heavy atom. The molecule has 5 nitrogen and oxygen atoms in total. The van der Waals surface area contributed by atoms with Gasteiger partial charge in [-0.3, -0.25) is 9.97 Å². The van der Waals surface area contributed by atoms with Crippen molar-refractivity contribution in [2.75, 3.05) is 18.0 Å². The molecule has 0 aliphatic carbocycles. The van der Waals surface area contributed by atoms with Crippen molar-refractivity contribution in [3.05, 3.63) is 59.5 Å². The molecule has 0 saturated carbocycles. The lowest BCUT2D eigenvalue weighted by Gasteiger charge is -2.30. The van der Waals surface area contributed by atoms with E-state index in [4.69, 9.17) is 16.6 Å². The number of anilines is 1. The van der Waals surface area contributed by atoms with Gasteiger partial charge >= 0.3 is 6.18 Å². The number of aliphatic hydroxyl groups excluding tert-OH is 1. The van der Waals surface area contributed by atoms with Crippen LogP contribution in [0, 0.1) is 0 Å². The van der Waals surface area contributed by atoms with Gasteiger partial charge in [-0.15, -0.1) is 0 Å². The lowest BCUT2D eigenvalue weighted by Crippen LogP contribution is -2.36. The summed E-state index contributed by atoms with van der Waals surface area (Å²) in [5.41, 5.74) is 1.25. The topological polar surface area (TPSA) is 62.1 Å². The quantitative estimate of drug-likeness (QED) is 0.639. The Kier molecular flexibility index (Phi) is 5.62. The molecule has 1 saturated heterocycles. The van der Waals surface area contributed by atoms with Crippen LogP contribution < -0.4 is 4.90 Å². The van der Waals surface area contributed by atoms with Crippen molar-refractivity contribution in [3.63, 3.8) is 0 Å². The van der Waals surface area contributed by atoms with Gasteiger partial charge in [0.25, 0.3) is 0 Å². The third-order valence-electron chi connectivity index (χ3n) is 5.06. The van der Waals surface area contributed by atoms with E-state index in [2.05, 4.69) is 9.97 Å². The van der Waals surface area contributed by atoms with Crippen molar-refractivity contribution < 1.29 is 18.3 Å². The highest BCUT2D eigenvalue weighted by atomic mass is 35.5. The second-order valence-corrected chi connectivity index (χ2v) is 7.48. The molecule has 1 aromatic carbocycles. The standard InChI is InChI=1S/C21H18ClF3N4O/c22-17-11-26-8-5-16(17)20-19(13-1-3-14(4-2-13)21(23,24)25)27-12-18(28-20)29-9-6-15(30)7-10-29/h1-5,8,11-12,15,30H,6-7,9-10H2. The van der Waals surface area contributed by atoms with Gasteiger partial charge in [0.05, 0.1) is 28.6 Å². The van der Waals surface area contributed by atoms with Crippen LogP contribution in [0.4, 0.5) is 19.0 Å². The SMILES string of the molecule is OC1CCN(c2cnc(-c3ccc(C(F)(F)F)cc3)c(-c3ccncc3Cl)n2)CC1. The average molecular weight is 435 g/mol. The van der Waals surface area contributed by atoms with Crippen molar-refractivity contribution in [3.8, 4) is 22.5 Å². The van der Waals surface area contributed by atoms with E-state index in [0.717, 1.165) is 12.1 Å². The van der Waals surface area contributed by atoms with Crippen molar-refractivity contribution >= 4 is 17.4 Å². The maximum atomic E-state index is 12.9. The second-order valence-electron chi connectivity index (χ2n) is 7.07. The number of alkyl halides is 3. The van der Waals surface area contributed by atoms with Crippen molar-refractivity contribution in [2.24, 2.45) is 0 Å². The van der Waals surface area contributed by atoms with Crippen LogP contribution in [-0.2, 0) is 6.18 Å². The molecule has 1 fully saturated rings. The Morgan fingerprint density at radius 3 is 2.33 bits per heavy atom. The van der Waals surface area contributed by atoms with Crippen molar-refractivity contribution in [1.29, 1.82) is 0 Å². The fraction of sp³-hybridized carbons (Fsp3) is 0.286. The van der Waals surface area contributed by atoms with E-state index >= 15 is 0 Å². The summed E-state index contributed by atoms with van der Waals surface area (Å²) < 4.78 is 38.8. The third kappa shape index (κ3) is 4.24. The molecule has 156 valence electrons. The first-order chi connectivity index (χ1) is 14.3. The Labute approximate surface area is 176 Å². The first kappa shape index (κ1) is 20.6. The lowest BCUT2D eigenvalue weighted by atomic mass is 10.0. The van der Waals surface area contributed by atoms with Gasteiger partial charge in [0.15, 0.2) is 0 Å². The molecule has 0 amide bonds. The van der Waals surface area contributed by atoms with Gasteiger partial charge in [-0.25, -0.2) is 4.98 Å². The zero-order valence-corrected chi connectivity index (χ0v) is 16.5. The van der Waals surface area contributed by atoms with E-state index in [1.54, 1.807) is 18.5 Å². The first-order valence-electron chi connectivity index (χ1n) is 9.40. The summed E-state index contributed by atoms with van der Waals surface area (Å²) in [6.07, 6.45) is 1.19. The highest BCUT2D eigenvalue weighted by Gasteiger charge is 2.30. The van der Waals surface area contributed by atoms with Gasteiger partial charge < -0.3 is 10.0 Å². The van der Waals surface area contributed by atoms with E-state index in [9.17, 15) is 18.3 Å². The number of nitrogens with zero attached hydrogens (tertiary/aromatic N) is 4. The molecular formula is C21H18ClF3N4O. The zero-order valence-electron chi connectivity index (χ0n) is 15.8. The summed E-state index contributed by atoms with van der Waals surface area (Å²) in [6.45, 7) is 1.28. The van der Waals surface area contributed by atoms with E-state index in [1.165, 1.54) is 18.3 Å². The normalized spacial score (nSPS) is 15.4. The molecular weight excluding hydrogens is 417 g/mol. The third-order valence-corrected chi connectivity index (χ3v) is 5.36. The van der Waals surface area contributed by atoms with Gasteiger partial charge in [-0.1, -0.05) is 23.7 Å². The second kappa shape index (κ2) is 8.20. The molecule has 3 aromatic rings. The molecule has 0 bridgehead atoms. The number of piperidine rings is 1. The summed E-state index contributed by atoms with van der Waals surface area (Å²) in [4.78, 5) is 15.3. The fourth-order valence-electron chi connectivity index (χ4n) is 3.41. The Balaban J connectivity index is 1.79. The molecule has 3 heterocycles. The number of hydrogen-bond donors (Lipinski definition) is 1. The molecule has 2 aromatic heterocycles. The summed E-state index contributed by atoms with van der Waals surface area (Å²) >= 11 is 6.33. The van der Waals surface area contributed by atoms with Crippen LogP contribution in [-0.4, -0.2) is 39.3 Å². The van der Waals surface area contributed by atoms with Crippen molar-refractivity contribution in [1.82, 2.24) is 15.0 Å². The van der Waals surface area contributed by atoms with E-state index < -0.39 is 11.7 Å². The molecule has 1 aliphatic heterocycles. The minimum atomic E-state index is -4.41. The Morgan fingerprint density at radius 2 is 1.70 bits per heavy atom. The zero-order chi connectivity index (χ0) is 21.3. The predicted molar refractivity (Wildman–Crippen MR) is 108 cm³/mol. The number of hydrogen-bond acceptors (Lipinski definition) is 5. The highest BCUT2D eigenvalue weighted by molar-refractivity contribution is 6.33. The maximum Gasteiger partial charge on any atom is 0.416 e. The summed E-state index contributed by atoms with van der Waals surface area (Å²) in [5, 5.41) is 10.1. The highest BCUT2D eigenvalue weighted by Crippen LogP contribution is 2.36. The first-order valence-corrected chi connectivity index (χ1v) is 9.78. The maximum absolute atomic E-state index is 12.9. The summed E-state index contributed by atoms with van der Waals surface area (Å²) in [6, 6.07) is 6.50. The Hall–Kier alpha value is -2.71. The van der Waals surface area contributed by atoms with Crippen LogP contribution >= 0.6 is 11.6 Å². The van der Waals surface area contributed by atoms with Gasteiger partial charge in [0, 0.05) is 36.6 Å². The average Bonchev–Trinajstić information content (AvgIpc) is 2.74. The number of rotatable bonds is 3. The molecule has 0 unspecified atom stereocenters. The molecule has 1 aliphatic rings.